The molecule has 3 rings (SSSR count). The van der Waals surface area contributed by atoms with Gasteiger partial charge in [0.15, 0.2) is 0 Å². The molecule has 2 unspecified atom stereocenters. The van der Waals surface area contributed by atoms with Gasteiger partial charge in [0.2, 0.25) is 0 Å². The third-order valence-electron chi connectivity index (χ3n) is 4.22. The molecule has 0 spiro atoms. The van der Waals surface area contributed by atoms with Crippen molar-refractivity contribution in [2.24, 2.45) is 5.41 Å². The van der Waals surface area contributed by atoms with Gasteiger partial charge in [-0.05, 0) is 40.5 Å². The predicted octanol–water partition coefficient (Wildman–Crippen LogP) is 5.36. The quantitative estimate of drug-likeness (QED) is 0.701. The molecule has 0 aromatic heterocycles. The van der Waals surface area contributed by atoms with Crippen molar-refractivity contribution in [3.63, 3.8) is 0 Å². The molecule has 0 heterocycles. The summed E-state index contributed by atoms with van der Waals surface area (Å²) in [6, 6.07) is 19.7. The van der Waals surface area contributed by atoms with E-state index in [1.54, 1.807) is 0 Å². The minimum absolute atomic E-state index is 0.370. The molecular formula is C17H17Br. The van der Waals surface area contributed by atoms with E-state index >= 15 is 0 Å². The van der Waals surface area contributed by atoms with Crippen LogP contribution in [0, 0.1) is 5.41 Å². The number of halogens is 1. The van der Waals surface area contributed by atoms with E-state index in [4.69, 9.17) is 0 Å². The SMILES string of the molecule is CC1(C)C(c2ccccc2)C1c1ccc(Br)cc1. The Kier molecular flexibility index (Phi) is 2.82. The van der Waals surface area contributed by atoms with E-state index in [1.165, 1.54) is 11.1 Å². The van der Waals surface area contributed by atoms with Crippen LogP contribution in [0.5, 0.6) is 0 Å². The van der Waals surface area contributed by atoms with E-state index in [0.29, 0.717) is 17.3 Å². The highest BCUT2D eigenvalue weighted by Crippen LogP contribution is 2.69. The summed E-state index contributed by atoms with van der Waals surface area (Å²) < 4.78 is 1.15. The van der Waals surface area contributed by atoms with Gasteiger partial charge in [0.05, 0.1) is 0 Å². The van der Waals surface area contributed by atoms with Gasteiger partial charge in [-0.2, -0.15) is 0 Å². The molecule has 1 aliphatic rings. The Bertz CT molecular complexity index is 540. The van der Waals surface area contributed by atoms with Crippen molar-refractivity contribution in [1.29, 1.82) is 0 Å². The fraction of sp³-hybridized carbons (Fsp3) is 0.294. The van der Waals surface area contributed by atoms with Crippen molar-refractivity contribution in [2.45, 2.75) is 25.7 Å². The van der Waals surface area contributed by atoms with Gasteiger partial charge in [-0.1, -0.05) is 72.2 Å². The number of rotatable bonds is 2. The maximum atomic E-state index is 3.50. The molecule has 2 aromatic rings. The first-order valence-corrected chi connectivity index (χ1v) is 7.20. The molecule has 0 N–H and O–H groups in total. The monoisotopic (exact) mass is 300 g/mol. The molecule has 2 aromatic carbocycles. The second-order valence-electron chi connectivity index (χ2n) is 5.74. The average molecular weight is 301 g/mol. The molecule has 1 aliphatic carbocycles. The molecule has 0 nitrogen and oxygen atoms in total. The predicted molar refractivity (Wildman–Crippen MR) is 79.8 cm³/mol. The zero-order valence-electron chi connectivity index (χ0n) is 10.7. The van der Waals surface area contributed by atoms with E-state index in [1.807, 2.05) is 0 Å². The molecule has 18 heavy (non-hydrogen) atoms. The Morgan fingerprint density at radius 3 is 1.83 bits per heavy atom. The van der Waals surface area contributed by atoms with Gasteiger partial charge in [0.25, 0.3) is 0 Å². The highest BCUT2D eigenvalue weighted by Gasteiger charge is 2.58. The molecule has 1 heteroatoms. The Morgan fingerprint density at radius 1 is 0.778 bits per heavy atom. The lowest BCUT2D eigenvalue weighted by atomic mass is 10.0. The Labute approximate surface area is 117 Å². The van der Waals surface area contributed by atoms with Crippen molar-refractivity contribution < 1.29 is 0 Å². The summed E-state index contributed by atoms with van der Waals surface area (Å²) in [7, 11) is 0. The van der Waals surface area contributed by atoms with Crippen LogP contribution in [0.3, 0.4) is 0 Å². The lowest BCUT2D eigenvalue weighted by Crippen LogP contribution is -1.90. The summed E-state index contributed by atoms with van der Waals surface area (Å²) in [6.45, 7) is 4.74. The van der Waals surface area contributed by atoms with Crippen molar-refractivity contribution in [3.8, 4) is 0 Å². The van der Waals surface area contributed by atoms with Crippen LogP contribution < -0.4 is 0 Å². The molecule has 0 saturated heterocycles. The smallest absolute Gasteiger partial charge is 0.0175 e. The number of hydrogen-bond acceptors (Lipinski definition) is 0. The topological polar surface area (TPSA) is 0 Å². The summed E-state index contributed by atoms with van der Waals surface area (Å²) in [5, 5.41) is 0. The maximum absolute atomic E-state index is 3.50. The Balaban J connectivity index is 1.93. The van der Waals surface area contributed by atoms with E-state index in [0.717, 1.165) is 4.47 Å². The summed E-state index contributed by atoms with van der Waals surface area (Å²) in [5.74, 6) is 1.30. The van der Waals surface area contributed by atoms with Gasteiger partial charge in [-0.15, -0.1) is 0 Å². The van der Waals surface area contributed by atoms with Crippen LogP contribution >= 0.6 is 15.9 Å². The normalized spacial score (nSPS) is 24.8. The lowest BCUT2D eigenvalue weighted by Gasteiger charge is -2.02. The highest BCUT2D eigenvalue weighted by molar-refractivity contribution is 9.10. The lowest BCUT2D eigenvalue weighted by molar-refractivity contribution is 0.601. The van der Waals surface area contributed by atoms with Crippen LogP contribution in [-0.2, 0) is 0 Å². The van der Waals surface area contributed by atoms with Crippen LogP contribution in [0.1, 0.15) is 36.8 Å². The second kappa shape index (κ2) is 4.24. The first-order chi connectivity index (χ1) is 8.60. The first kappa shape index (κ1) is 12.0. The van der Waals surface area contributed by atoms with Crippen LogP contribution in [0.15, 0.2) is 59.1 Å². The molecular weight excluding hydrogens is 284 g/mol. The minimum Gasteiger partial charge on any atom is -0.0622 e. The summed E-state index contributed by atoms with van der Waals surface area (Å²) in [6.07, 6.45) is 0. The van der Waals surface area contributed by atoms with Gasteiger partial charge in [0.1, 0.15) is 0 Å². The third kappa shape index (κ3) is 1.91. The maximum Gasteiger partial charge on any atom is 0.0175 e. The zero-order valence-corrected chi connectivity index (χ0v) is 12.3. The van der Waals surface area contributed by atoms with Crippen LogP contribution in [0.25, 0.3) is 0 Å². The largest absolute Gasteiger partial charge is 0.0622 e. The molecule has 0 bridgehead atoms. The van der Waals surface area contributed by atoms with Crippen LogP contribution in [0.2, 0.25) is 0 Å². The van der Waals surface area contributed by atoms with Gasteiger partial charge in [0, 0.05) is 4.47 Å². The van der Waals surface area contributed by atoms with Crippen molar-refractivity contribution in [3.05, 3.63) is 70.2 Å². The van der Waals surface area contributed by atoms with E-state index < -0.39 is 0 Å². The molecule has 1 fully saturated rings. The van der Waals surface area contributed by atoms with Gasteiger partial charge in [-0.25, -0.2) is 0 Å². The molecule has 0 aliphatic heterocycles. The fourth-order valence-electron chi connectivity index (χ4n) is 3.21. The minimum atomic E-state index is 0.370. The zero-order chi connectivity index (χ0) is 12.8. The van der Waals surface area contributed by atoms with Gasteiger partial charge < -0.3 is 0 Å². The summed E-state index contributed by atoms with van der Waals surface area (Å²) in [4.78, 5) is 0. The Morgan fingerprint density at radius 2 is 1.28 bits per heavy atom. The summed E-state index contributed by atoms with van der Waals surface area (Å²) in [5.41, 5.74) is 3.29. The summed E-state index contributed by atoms with van der Waals surface area (Å²) >= 11 is 3.50. The third-order valence-corrected chi connectivity index (χ3v) is 4.74. The van der Waals surface area contributed by atoms with E-state index in [2.05, 4.69) is 84.4 Å². The second-order valence-corrected chi connectivity index (χ2v) is 6.65. The average Bonchev–Trinajstić information content (AvgIpc) is 2.94. The van der Waals surface area contributed by atoms with Crippen molar-refractivity contribution in [2.75, 3.05) is 0 Å². The highest BCUT2D eigenvalue weighted by atomic mass is 79.9. The van der Waals surface area contributed by atoms with Crippen molar-refractivity contribution >= 4 is 15.9 Å². The Hall–Kier alpha value is -1.08. The standard InChI is InChI=1S/C17H17Br/c1-17(2)15(12-6-4-3-5-7-12)16(17)13-8-10-14(18)11-9-13/h3-11,15-16H,1-2H3. The van der Waals surface area contributed by atoms with Gasteiger partial charge in [-0.3, -0.25) is 0 Å². The van der Waals surface area contributed by atoms with Crippen molar-refractivity contribution in [1.82, 2.24) is 0 Å². The van der Waals surface area contributed by atoms with E-state index in [-0.39, 0.29) is 0 Å². The molecule has 1 saturated carbocycles. The fourth-order valence-corrected chi connectivity index (χ4v) is 3.48. The molecule has 92 valence electrons. The molecule has 0 radical (unpaired) electrons. The first-order valence-electron chi connectivity index (χ1n) is 6.41. The number of benzene rings is 2. The van der Waals surface area contributed by atoms with Crippen LogP contribution in [-0.4, -0.2) is 0 Å². The van der Waals surface area contributed by atoms with Gasteiger partial charge >= 0.3 is 0 Å². The molecule has 0 amide bonds. The molecule has 2 atom stereocenters. The number of hydrogen-bond donors (Lipinski definition) is 0. The van der Waals surface area contributed by atoms with Crippen LogP contribution in [0.4, 0.5) is 0 Å². The van der Waals surface area contributed by atoms with E-state index in [9.17, 15) is 0 Å².